The van der Waals surface area contributed by atoms with E-state index in [9.17, 15) is 0 Å². The zero-order chi connectivity index (χ0) is 9.64. The summed E-state index contributed by atoms with van der Waals surface area (Å²) >= 11 is 4.04. The van der Waals surface area contributed by atoms with Crippen LogP contribution in [0.15, 0.2) is 0 Å². The summed E-state index contributed by atoms with van der Waals surface area (Å²) in [4.78, 5) is 11.0. The standard InChI is InChI=1S/C10H18O2S2/c1-5-13-6-2-9(1)11-12-10-3-7-14-8-4-10/h9-10H,1-8H2. The minimum absolute atomic E-state index is 0.367. The molecule has 2 saturated heterocycles. The Morgan fingerprint density at radius 2 is 1.00 bits per heavy atom. The molecule has 2 aliphatic rings. The van der Waals surface area contributed by atoms with E-state index in [-0.39, 0.29) is 0 Å². The molecule has 0 radical (unpaired) electrons. The Labute approximate surface area is 94.4 Å². The predicted octanol–water partition coefficient (Wildman–Crippen LogP) is 2.73. The van der Waals surface area contributed by atoms with Crippen molar-refractivity contribution in [3.05, 3.63) is 0 Å². The van der Waals surface area contributed by atoms with Gasteiger partial charge in [0.05, 0.1) is 12.2 Å². The lowest BCUT2D eigenvalue weighted by molar-refractivity contribution is -0.352. The van der Waals surface area contributed by atoms with Crippen LogP contribution in [0, 0.1) is 0 Å². The maximum absolute atomic E-state index is 5.50. The molecule has 0 aromatic carbocycles. The topological polar surface area (TPSA) is 18.5 Å². The SMILES string of the molecule is C1CC(OOC2CCSCC2)CCS1. The molecule has 0 aliphatic carbocycles. The molecule has 0 aromatic heterocycles. The van der Waals surface area contributed by atoms with Crippen molar-refractivity contribution in [2.75, 3.05) is 23.0 Å². The molecule has 0 spiro atoms. The molecule has 2 nitrogen and oxygen atoms in total. The molecule has 82 valence electrons. The highest BCUT2D eigenvalue weighted by Gasteiger charge is 2.19. The summed E-state index contributed by atoms with van der Waals surface area (Å²) in [6.45, 7) is 0. The molecule has 2 fully saturated rings. The third-order valence-electron chi connectivity index (χ3n) is 2.66. The fourth-order valence-electron chi connectivity index (χ4n) is 1.70. The van der Waals surface area contributed by atoms with Gasteiger partial charge >= 0.3 is 0 Å². The van der Waals surface area contributed by atoms with Gasteiger partial charge in [-0.3, -0.25) is 0 Å². The second-order valence-corrected chi connectivity index (χ2v) is 6.27. The second kappa shape index (κ2) is 6.26. The van der Waals surface area contributed by atoms with Crippen LogP contribution < -0.4 is 0 Å². The van der Waals surface area contributed by atoms with E-state index in [1.54, 1.807) is 0 Å². The normalized spacial score (nSPS) is 26.6. The van der Waals surface area contributed by atoms with Crippen LogP contribution in [0.5, 0.6) is 0 Å². The zero-order valence-corrected chi connectivity index (χ0v) is 10.1. The Hall–Kier alpha value is 0.620. The van der Waals surface area contributed by atoms with Gasteiger partial charge < -0.3 is 0 Å². The largest absolute Gasteiger partial charge is 0.233 e. The van der Waals surface area contributed by atoms with Crippen LogP contribution in [0.4, 0.5) is 0 Å². The number of thioether (sulfide) groups is 2. The monoisotopic (exact) mass is 234 g/mol. The van der Waals surface area contributed by atoms with Crippen molar-refractivity contribution in [1.82, 2.24) is 0 Å². The van der Waals surface area contributed by atoms with E-state index < -0.39 is 0 Å². The average molecular weight is 234 g/mol. The summed E-state index contributed by atoms with van der Waals surface area (Å²) in [5.74, 6) is 4.92. The van der Waals surface area contributed by atoms with Gasteiger partial charge in [-0.15, -0.1) is 0 Å². The fourth-order valence-corrected chi connectivity index (χ4v) is 3.83. The van der Waals surface area contributed by atoms with Gasteiger partial charge in [0.15, 0.2) is 0 Å². The van der Waals surface area contributed by atoms with Crippen LogP contribution in [0.1, 0.15) is 25.7 Å². The lowest BCUT2D eigenvalue weighted by Gasteiger charge is -2.25. The van der Waals surface area contributed by atoms with Crippen LogP contribution in [-0.4, -0.2) is 35.2 Å². The molecule has 0 amide bonds. The van der Waals surface area contributed by atoms with Gasteiger partial charge in [-0.05, 0) is 48.7 Å². The van der Waals surface area contributed by atoms with Gasteiger partial charge in [0.2, 0.25) is 0 Å². The molecule has 4 heteroatoms. The van der Waals surface area contributed by atoms with E-state index in [0.717, 1.165) is 25.7 Å². The zero-order valence-electron chi connectivity index (χ0n) is 8.44. The quantitative estimate of drug-likeness (QED) is 0.552. The van der Waals surface area contributed by atoms with Gasteiger partial charge in [0.25, 0.3) is 0 Å². The van der Waals surface area contributed by atoms with Crippen molar-refractivity contribution in [2.45, 2.75) is 37.9 Å². The summed E-state index contributed by atoms with van der Waals surface area (Å²) in [5, 5.41) is 0. The first-order valence-corrected chi connectivity index (χ1v) is 7.74. The molecular formula is C10H18O2S2. The van der Waals surface area contributed by atoms with Crippen molar-refractivity contribution >= 4 is 23.5 Å². The lowest BCUT2D eigenvalue weighted by Crippen LogP contribution is -2.25. The maximum atomic E-state index is 5.50. The van der Waals surface area contributed by atoms with E-state index in [4.69, 9.17) is 9.78 Å². The first kappa shape index (κ1) is 11.1. The molecule has 14 heavy (non-hydrogen) atoms. The highest BCUT2D eigenvalue weighted by Crippen LogP contribution is 2.23. The van der Waals surface area contributed by atoms with Gasteiger partial charge in [0.1, 0.15) is 0 Å². The summed E-state index contributed by atoms with van der Waals surface area (Å²) < 4.78 is 0. The van der Waals surface area contributed by atoms with E-state index in [0.29, 0.717) is 12.2 Å². The number of rotatable bonds is 3. The molecular weight excluding hydrogens is 216 g/mol. The molecule has 2 rings (SSSR count). The number of hydrogen-bond donors (Lipinski definition) is 0. The Bertz CT molecular complexity index is 136. The minimum atomic E-state index is 0.367. The molecule has 0 N–H and O–H groups in total. The maximum Gasteiger partial charge on any atom is 0.0945 e. The van der Waals surface area contributed by atoms with Gasteiger partial charge in [0, 0.05) is 0 Å². The fraction of sp³-hybridized carbons (Fsp3) is 1.00. The van der Waals surface area contributed by atoms with Crippen LogP contribution >= 0.6 is 23.5 Å². The summed E-state index contributed by atoms with van der Waals surface area (Å²) in [5.41, 5.74) is 0. The first-order valence-electron chi connectivity index (χ1n) is 5.43. The van der Waals surface area contributed by atoms with Crippen LogP contribution in [0.25, 0.3) is 0 Å². The third-order valence-corrected chi connectivity index (χ3v) is 4.76. The summed E-state index contributed by atoms with van der Waals surface area (Å²) in [7, 11) is 0. The molecule has 0 saturated carbocycles. The van der Waals surface area contributed by atoms with E-state index in [1.807, 2.05) is 23.5 Å². The highest BCUT2D eigenvalue weighted by molar-refractivity contribution is 7.99. The van der Waals surface area contributed by atoms with Crippen LogP contribution in [0.3, 0.4) is 0 Å². The van der Waals surface area contributed by atoms with Gasteiger partial charge in [-0.1, -0.05) is 0 Å². The van der Waals surface area contributed by atoms with Crippen molar-refractivity contribution in [3.8, 4) is 0 Å². The Kier molecular flexibility index (Phi) is 4.97. The third kappa shape index (κ3) is 3.65. The summed E-state index contributed by atoms with van der Waals surface area (Å²) in [6, 6.07) is 0. The summed E-state index contributed by atoms with van der Waals surface area (Å²) in [6.07, 6.45) is 5.37. The molecule has 2 aliphatic heterocycles. The molecule has 0 aromatic rings. The average Bonchev–Trinajstić information content (AvgIpc) is 2.29. The smallest absolute Gasteiger partial charge is 0.0945 e. The Balaban J connectivity index is 1.60. The van der Waals surface area contributed by atoms with Gasteiger partial charge in [-0.2, -0.15) is 23.5 Å². The van der Waals surface area contributed by atoms with E-state index >= 15 is 0 Å². The van der Waals surface area contributed by atoms with Crippen molar-refractivity contribution < 1.29 is 9.78 Å². The molecule has 0 unspecified atom stereocenters. The Morgan fingerprint density at radius 1 is 0.643 bits per heavy atom. The molecule has 2 heterocycles. The van der Waals surface area contributed by atoms with Crippen LogP contribution in [0.2, 0.25) is 0 Å². The predicted molar refractivity (Wildman–Crippen MR) is 62.9 cm³/mol. The molecule has 0 atom stereocenters. The van der Waals surface area contributed by atoms with Crippen LogP contribution in [-0.2, 0) is 9.78 Å². The van der Waals surface area contributed by atoms with Gasteiger partial charge in [-0.25, -0.2) is 9.78 Å². The lowest BCUT2D eigenvalue weighted by atomic mass is 10.2. The van der Waals surface area contributed by atoms with Crippen molar-refractivity contribution in [3.63, 3.8) is 0 Å². The minimum Gasteiger partial charge on any atom is -0.233 e. The highest BCUT2D eigenvalue weighted by atomic mass is 32.2. The molecule has 0 bridgehead atoms. The van der Waals surface area contributed by atoms with E-state index in [1.165, 1.54) is 23.0 Å². The van der Waals surface area contributed by atoms with E-state index in [2.05, 4.69) is 0 Å². The van der Waals surface area contributed by atoms with Crippen molar-refractivity contribution in [1.29, 1.82) is 0 Å². The first-order chi connectivity index (χ1) is 6.95. The second-order valence-electron chi connectivity index (χ2n) is 3.82. The number of hydrogen-bond acceptors (Lipinski definition) is 4. The Morgan fingerprint density at radius 3 is 1.36 bits per heavy atom. The van der Waals surface area contributed by atoms with Crippen molar-refractivity contribution in [2.24, 2.45) is 0 Å².